The molecule has 0 spiro atoms. The Bertz CT molecular complexity index is 1200. The minimum absolute atomic E-state index is 0.0680. The lowest BCUT2D eigenvalue weighted by atomic mass is 9.93. The van der Waals surface area contributed by atoms with Gasteiger partial charge in [-0.15, -0.1) is 0 Å². The number of halogens is 3. The number of aromatic nitrogens is 4. The van der Waals surface area contributed by atoms with Crippen LogP contribution in [-0.2, 0) is 4.74 Å². The first-order chi connectivity index (χ1) is 16.2. The summed E-state index contributed by atoms with van der Waals surface area (Å²) in [6, 6.07) is 0.260. The van der Waals surface area contributed by atoms with Gasteiger partial charge in [0.15, 0.2) is 17.3 Å². The summed E-state index contributed by atoms with van der Waals surface area (Å²) in [6.07, 6.45) is 4.23. The summed E-state index contributed by atoms with van der Waals surface area (Å²) >= 11 is 0. The Morgan fingerprint density at radius 3 is 2.53 bits per heavy atom. The fourth-order valence-corrected chi connectivity index (χ4v) is 4.09. The third-order valence-electron chi connectivity index (χ3n) is 5.73. The number of aliphatic hydroxyl groups is 1. The number of hydrogen-bond donors (Lipinski definition) is 3. The largest absolute Gasteiger partial charge is 0.393 e. The molecule has 11 heteroatoms. The standard InChI is InChI=1S/C21H23F3N6O2/c22-11-7-15(23)18(16(24)8-11)28-21-27-17-9-25-20(26-12-1-3-14(31)4-2-12)29-19(17)30(21)13-5-6-32-10-13/h7-9,12-14,31H,1-6,10H2,(H,27,28)(H,25,26,29)/i10D2. The lowest BCUT2D eigenvalue weighted by Gasteiger charge is -2.26. The minimum atomic E-state index is -2.08. The van der Waals surface area contributed by atoms with Crippen molar-refractivity contribution in [3.05, 3.63) is 35.8 Å². The Morgan fingerprint density at radius 1 is 1.09 bits per heavy atom. The molecule has 1 aliphatic carbocycles. The van der Waals surface area contributed by atoms with Gasteiger partial charge in [0.25, 0.3) is 0 Å². The molecule has 1 aliphatic heterocycles. The number of benzene rings is 1. The number of ether oxygens (including phenoxy) is 1. The molecule has 0 amide bonds. The molecule has 2 fully saturated rings. The lowest BCUT2D eigenvalue weighted by Crippen LogP contribution is -2.29. The molecular formula is C21H23F3N6O2. The SMILES string of the molecule is [2H]C1([2H])OCCC1n1c(Nc2c(F)cc(F)cc2F)nc2cnc(NC3CCC(O)CC3)nc21. The van der Waals surface area contributed by atoms with Gasteiger partial charge in [-0.05, 0) is 32.1 Å². The van der Waals surface area contributed by atoms with Gasteiger partial charge in [0.05, 0.1) is 27.6 Å². The van der Waals surface area contributed by atoms with Crippen LogP contribution in [0.4, 0.5) is 30.8 Å². The number of nitrogens with zero attached hydrogens (tertiary/aromatic N) is 4. The summed E-state index contributed by atoms with van der Waals surface area (Å²) < 4.78 is 65.2. The first kappa shape index (κ1) is 18.6. The van der Waals surface area contributed by atoms with Gasteiger partial charge >= 0.3 is 0 Å². The van der Waals surface area contributed by atoms with Gasteiger partial charge < -0.3 is 20.5 Å². The van der Waals surface area contributed by atoms with E-state index < -0.39 is 35.7 Å². The average Bonchev–Trinajstić information content (AvgIpc) is 3.30. The highest BCUT2D eigenvalue weighted by Crippen LogP contribution is 2.32. The topological polar surface area (TPSA) is 97.1 Å². The normalized spacial score (nSPS) is 26.1. The second-order valence-corrected chi connectivity index (χ2v) is 8.00. The summed E-state index contributed by atoms with van der Waals surface area (Å²) in [7, 11) is 0. The van der Waals surface area contributed by atoms with E-state index in [1.807, 2.05) is 0 Å². The molecule has 1 atom stereocenters. The van der Waals surface area contributed by atoms with Crippen molar-refractivity contribution in [2.45, 2.75) is 50.3 Å². The van der Waals surface area contributed by atoms with Crippen LogP contribution < -0.4 is 10.6 Å². The van der Waals surface area contributed by atoms with Gasteiger partial charge in [-0.1, -0.05) is 0 Å². The second kappa shape index (κ2) is 8.55. The van der Waals surface area contributed by atoms with Crippen molar-refractivity contribution in [2.24, 2.45) is 0 Å². The third-order valence-corrected chi connectivity index (χ3v) is 5.73. The highest BCUT2D eigenvalue weighted by atomic mass is 19.1. The van der Waals surface area contributed by atoms with Crippen LogP contribution in [0.3, 0.4) is 0 Å². The van der Waals surface area contributed by atoms with Crippen LogP contribution in [0.1, 0.15) is 40.9 Å². The van der Waals surface area contributed by atoms with Crippen molar-refractivity contribution in [1.82, 2.24) is 19.5 Å². The Balaban J connectivity index is 1.56. The van der Waals surface area contributed by atoms with E-state index in [4.69, 9.17) is 7.48 Å². The first-order valence-electron chi connectivity index (χ1n) is 11.5. The molecule has 1 unspecified atom stereocenters. The van der Waals surface area contributed by atoms with Gasteiger partial charge in [0.2, 0.25) is 11.9 Å². The number of aliphatic hydroxyl groups excluding tert-OH is 1. The van der Waals surface area contributed by atoms with Crippen LogP contribution in [0.25, 0.3) is 11.2 Å². The highest BCUT2D eigenvalue weighted by molar-refractivity contribution is 5.76. The van der Waals surface area contributed by atoms with Crippen LogP contribution in [0.5, 0.6) is 0 Å². The van der Waals surface area contributed by atoms with Crippen LogP contribution in [-0.4, -0.2) is 49.9 Å². The molecule has 8 nitrogen and oxygen atoms in total. The maximum Gasteiger partial charge on any atom is 0.224 e. The predicted octanol–water partition coefficient (Wildman–Crippen LogP) is 3.66. The van der Waals surface area contributed by atoms with E-state index in [1.165, 1.54) is 10.8 Å². The van der Waals surface area contributed by atoms with E-state index in [-0.39, 0.29) is 42.3 Å². The molecule has 3 N–H and O–H groups in total. The summed E-state index contributed by atoms with van der Waals surface area (Å²) in [4.78, 5) is 13.1. The molecule has 1 aromatic carbocycles. The Morgan fingerprint density at radius 2 is 1.84 bits per heavy atom. The van der Waals surface area contributed by atoms with Gasteiger partial charge in [0, 0.05) is 24.8 Å². The molecule has 32 heavy (non-hydrogen) atoms. The van der Waals surface area contributed by atoms with E-state index in [9.17, 15) is 18.3 Å². The monoisotopic (exact) mass is 450 g/mol. The van der Waals surface area contributed by atoms with Gasteiger partial charge in [0.1, 0.15) is 17.0 Å². The van der Waals surface area contributed by atoms with Crippen LogP contribution >= 0.6 is 0 Å². The third kappa shape index (κ3) is 4.09. The van der Waals surface area contributed by atoms with Crippen LogP contribution in [0.2, 0.25) is 0 Å². The lowest BCUT2D eigenvalue weighted by molar-refractivity contribution is 0.126. The Hall–Kier alpha value is -2.92. The summed E-state index contributed by atoms with van der Waals surface area (Å²) in [5.74, 6) is -3.16. The molecule has 0 bridgehead atoms. The van der Waals surface area contributed by atoms with E-state index in [0.717, 1.165) is 12.8 Å². The molecule has 5 rings (SSSR count). The first-order valence-corrected chi connectivity index (χ1v) is 10.5. The van der Waals surface area contributed by atoms with E-state index in [1.54, 1.807) is 0 Å². The van der Waals surface area contributed by atoms with Crippen molar-refractivity contribution < 1.29 is 25.8 Å². The molecular weight excluding hydrogens is 425 g/mol. The van der Waals surface area contributed by atoms with E-state index in [0.29, 0.717) is 30.9 Å². The van der Waals surface area contributed by atoms with E-state index in [2.05, 4.69) is 25.6 Å². The molecule has 2 aliphatic rings. The van der Waals surface area contributed by atoms with Crippen molar-refractivity contribution in [3.8, 4) is 0 Å². The molecule has 1 saturated carbocycles. The number of anilines is 3. The zero-order chi connectivity index (χ0) is 24.0. The summed E-state index contributed by atoms with van der Waals surface area (Å²) in [5.41, 5.74) is -0.0969. The average molecular weight is 450 g/mol. The second-order valence-electron chi connectivity index (χ2n) is 8.00. The maximum atomic E-state index is 14.3. The fraction of sp³-hybridized carbons (Fsp3) is 0.476. The number of imidazole rings is 1. The highest BCUT2D eigenvalue weighted by Gasteiger charge is 2.27. The number of fused-ring (bicyclic) bond motifs is 1. The number of nitrogens with one attached hydrogen (secondary N) is 2. The van der Waals surface area contributed by atoms with Crippen molar-refractivity contribution in [3.63, 3.8) is 0 Å². The zero-order valence-corrected chi connectivity index (χ0v) is 17.0. The summed E-state index contributed by atoms with van der Waals surface area (Å²) in [6.45, 7) is -1.95. The van der Waals surface area contributed by atoms with Crippen LogP contribution in [0.15, 0.2) is 18.3 Å². The summed E-state index contributed by atoms with van der Waals surface area (Å²) in [5, 5.41) is 15.5. The van der Waals surface area contributed by atoms with Crippen molar-refractivity contribution in [2.75, 3.05) is 23.8 Å². The predicted molar refractivity (Wildman–Crippen MR) is 111 cm³/mol. The maximum absolute atomic E-state index is 14.3. The number of rotatable bonds is 5. The van der Waals surface area contributed by atoms with Crippen molar-refractivity contribution in [1.29, 1.82) is 0 Å². The molecule has 1 saturated heterocycles. The van der Waals surface area contributed by atoms with Gasteiger partial charge in [-0.25, -0.2) is 23.1 Å². The Kier molecular flexibility index (Phi) is 4.98. The van der Waals surface area contributed by atoms with Gasteiger partial charge in [-0.2, -0.15) is 4.98 Å². The molecule has 3 heterocycles. The number of hydrogen-bond acceptors (Lipinski definition) is 7. The molecule has 170 valence electrons. The molecule has 0 radical (unpaired) electrons. The van der Waals surface area contributed by atoms with Gasteiger partial charge in [-0.3, -0.25) is 4.57 Å². The zero-order valence-electron chi connectivity index (χ0n) is 19.0. The minimum Gasteiger partial charge on any atom is -0.393 e. The molecule has 3 aromatic rings. The Labute approximate surface area is 184 Å². The van der Waals surface area contributed by atoms with Crippen molar-refractivity contribution >= 4 is 28.7 Å². The van der Waals surface area contributed by atoms with E-state index >= 15 is 0 Å². The van der Waals surface area contributed by atoms with Crippen LogP contribution in [0, 0.1) is 17.5 Å². The smallest absolute Gasteiger partial charge is 0.224 e. The quantitative estimate of drug-likeness (QED) is 0.546. The fourth-order valence-electron chi connectivity index (χ4n) is 4.09. The molecule has 2 aromatic heterocycles.